The summed E-state index contributed by atoms with van der Waals surface area (Å²) < 4.78 is 0. The van der Waals surface area contributed by atoms with E-state index in [9.17, 15) is 78.0 Å². The van der Waals surface area contributed by atoms with Crippen LogP contribution in [0.4, 0.5) is 0 Å². The third-order valence-corrected chi connectivity index (χ3v) is 17.5. The van der Waals surface area contributed by atoms with Gasteiger partial charge in [0.2, 0.25) is 65.0 Å². The van der Waals surface area contributed by atoms with Crippen LogP contribution in [0.3, 0.4) is 0 Å². The quantitative estimate of drug-likeness (QED) is 0.0172. The lowest BCUT2D eigenvalue weighted by atomic mass is 9.96. The first-order valence-corrected chi connectivity index (χ1v) is 34.6. The summed E-state index contributed by atoms with van der Waals surface area (Å²) in [5.41, 5.74) is 41.0. The number of nitrogens with one attached hydrogen (secondary N) is 8. The lowest BCUT2D eigenvalue weighted by Gasteiger charge is -2.32. The number of aliphatic carboxylic acids is 2. The van der Waals surface area contributed by atoms with Crippen molar-refractivity contribution < 1.29 is 82.8 Å². The number of carboxylic acids is 2. The number of guanidine groups is 2. The Morgan fingerprint density at radius 1 is 0.515 bits per heavy atom. The summed E-state index contributed by atoms with van der Waals surface area (Å²) in [5, 5.41) is 60.0. The number of phenols is 2. The van der Waals surface area contributed by atoms with Gasteiger partial charge in [0.05, 0.1) is 12.5 Å². The van der Waals surface area contributed by atoms with E-state index in [1.54, 1.807) is 27.7 Å². The number of benzene rings is 2. The molecule has 0 aliphatic carbocycles. The number of carbonyl (C=O) groups is 13. The maximum Gasteiger partial charge on any atom is 0.326 e. The number of primary amides is 1. The Hall–Kier alpha value is -10.4. The second-order valence-corrected chi connectivity index (χ2v) is 26.3. The molecule has 36 heteroatoms. The summed E-state index contributed by atoms with van der Waals surface area (Å²) in [6.07, 6.45) is -0.691. The lowest BCUT2D eigenvalue weighted by molar-refractivity contribution is -0.144. The zero-order valence-electron chi connectivity index (χ0n) is 58.8. The molecule has 26 N–H and O–H groups in total. The van der Waals surface area contributed by atoms with Crippen LogP contribution in [0.25, 0.3) is 0 Å². The molecule has 2 heterocycles. The number of rotatable bonds is 44. The Bertz CT molecular complexity index is 3300. The van der Waals surface area contributed by atoms with Gasteiger partial charge in [0.1, 0.15) is 71.9 Å². The number of hydrogen-bond acceptors (Lipinski definition) is 19. The van der Waals surface area contributed by atoms with Crippen molar-refractivity contribution in [3.63, 3.8) is 0 Å². The van der Waals surface area contributed by atoms with E-state index in [1.807, 2.05) is 0 Å². The molecular weight excluding hydrogens is 1340 g/mol. The molecule has 2 aromatic carbocycles. The minimum Gasteiger partial charge on any atom is -0.508 e. The molecule has 11 amide bonds. The summed E-state index contributed by atoms with van der Waals surface area (Å²) in [6.45, 7) is 7.12. The second kappa shape index (κ2) is 42.8. The minimum absolute atomic E-state index is 0.00337. The Morgan fingerprint density at radius 2 is 0.942 bits per heavy atom. The summed E-state index contributed by atoms with van der Waals surface area (Å²) >= 11 is 0. The Balaban J connectivity index is 1.63. The highest BCUT2D eigenvalue weighted by atomic mass is 16.4. The van der Waals surface area contributed by atoms with Crippen molar-refractivity contribution in [2.24, 2.45) is 62.0 Å². The van der Waals surface area contributed by atoms with Crippen LogP contribution < -0.4 is 82.7 Å². The third kappa shape index (κ3) is 28.9. The number of carboxylic acid groups (broad SMARTS) is 2. The van der Waals surface area contributed by atoms with Gasteiger partial charge in [0.25, 0.3) is 0 Å². The van der Waals surface area contributed by atoms with Crippen LogP contribution in [0.1, 0.15) is 142 Å². The predicted molar refractivity (Wildman–Crippen MR) is 376 cm³/mol. The van der Waals surface area contributed by atoms with Crippen LogP contribution in [0, 0.1) is 11.8 Å². The molecule has 0 saturated carbocycles. The second-order valence-electron chi connectivity index (χ2n) is 26.3. The van der Waals surface area contributed by atoms with Crippen molar-refractivity contribution in [1.29, 1.82) is 0 Å². The van der Waals surface area contributed by atoms with Gasteiger partial charge in [-0.3, -0.25) is 67.5 Å². The number of likely N-dealkylation sites (tertiary alicyclic amines) is 2. The number of carbonyl (C=O) groups excluding carboxylic acids is 11. The normalized spacial score (nSPS) is 17.0. The van der Waals surface area contributed by atoms with Gasteiger partial charge in [-0.25, -0.2) is 4.79 Å². The van der Waals surface area contributed by atoms with Crippen LogP contribution in [0.15, 0.2) is 58.5 Å². The third-order valence-electron chi connectivity index (χ3n) is 17.5. The molecule has 2 fully saturated rings. The number of nitrogens with two attached hydrogens (primary N) is 7. The molecule has 2 aliphatic heterocycles. The van der Waals surface area contributed by atoms with Gasteiger partial charge in [-0.15, -0.1) is 0 Å². The van der Waals surface area contributed by atoms with E-state index in [4.69, 9.17) is 40.1 Å². The van der Waals surface area contributed by atoms with E-state index >= 15 is 4.79 Å². The largest absolute Gasteiger partial charge is 0.508 e. The number of phenolic OH excluding ortho intramolecular Hbond substituents is 2. The van der Waals surface area contributed by atoms with Gasteiger partial charge in [-0.2, -0.15) is 0 Å². The molecule has 103 heavy (non-hydrogen) atoms. The number of nitrogens with zero attached hydrogens (tertiary/aromatic N) is 4. The molecule has 2 saturated heterocycles. The van der Waals surface area contributed by atoms with Crippen LogP contribution in [0.5, 0.6) is 11.5 Å². The van der Waals surface area contributed by atoms with Crippen molar-refractivity contribution in [3.8, 4) is 11.5 Å². The number of amides is 11. The van der Waals surface area contributed by atoms with Gasteiger partial charge < -0.3 is 113 Å². The molecule has 0 bridgehead atoms. The van der Waals surface area contributed by atoms with Crippen molar-refractivity contribution in [2.75, 3.05) is 32.7 Å². The smallest absolute Gasteiger partial charge is 0.326 e. The zero-order valence-corrected chi connectivity index (χ0v) is 58.8. The molecule has 1 unspecified atom stereocenters. The maximum absolute atomic E-state index is 15.0. The standard InChI is InChI=1S/C67H105N19O17/c1-5-37(4)54(62(99)83-49(65(102)103)32-36(2)3)84-59(96)47(34-39-19-23-41(88)24-20-39)82-61(98)51-16-11-31-86(51)64(101)46(14-9-29-76-67(73)74)79-56(93)43(13-8-28-75-66(71)72)78-60(97)50-15-10-30-85(50)63(100)45(12-6-7-27-68)80-58(95)48(35-52(70)89)81-57(94)44(25-26-53(90)91)77-55(92)42(69)33-38-17-21-40(87)22-18-38/h17-24,36-37,42-51,54,87-88H,5-16,25-35,68-69H2,1-4H3,(H2,70,89)(H,77,92)(H,78,97)(H,79,93)(H,80,95)(H,81,94)(H,82,98)(H,83,99)(H,84,96)(H,90,91)(H,102,103)(H4,71,72,75)(H4,73,74,76)/t37-,42-,43-,44-,45-,46-,47-,48?,49-,50-,51-,54-/m0/s1. The molecule has 36 nitrogen and oxygen atoms in total. The van der Waals surface area contributed by atoms with E-state index in [-0.39, 0.29) is 146 Å². The summed E-state index contributed by atoms with van der Waals surface area (Å²) in [4.78, 5) is 191. The Labute approximate surface area is 597 Å². The fourth-order valence-corrected chi connectivity index (χ4v) is 11.8. The lowest BCUT2D eigenvalue weighted by Crippen LogP contribution is -2.61. The van der Waals surface area contributed by atoms with Crippen LogP contribution >= 0.6 is 0 Å². The van der Waals surface area contributed by atoms with Crippen molar-refractivity contribution in [3.05, 3.63) is 59.7 Å². The highest BCUT2D eigenvalue weighted by Gasteiger charge is 2.43. The highest BCUT2D eigenvalue weighted by Crippen LogP contribution is 2.24. The summed E-state index contributed by atoms with van der Waals surface area (Å²) in [5.74, 6) is -13.7. The van der Waals surface area contributed by atoms with E-state index in [2.05, 4.69) is 52.5 Å². The zero-order chi connectivity index (χ0) is 76.6. The number of aliphatic imine (C=N–C) groups is 2. The molecule has 2 aromatic rings. The Morgan fingerprint density at radius 3 is 1.40 bits per heavy atom. The van der Waals surface area contributed by atoms with Crippen molar-refractivity contribution in [1.82, 2.24) is 52.3 Å². The average Bonchev–Trinajstić information content (AvgIpc) is 1.75. The fraction of sp³-hybridized carbons (Fsp3) is 0.597. The van der Waals surface area contributed by atoms with E-state index in [0.29, 0.717) is 24.0 Å². The SMILES string of the molecule is CC[C@H](C)[C@H](NC(=O)[C@H](Cc1ccc(O)cc1)NC(=O)[C@@H]1CCCN1C(=O)[C@H](CCCN=C(N)N)NC(=O)[C@H](CCCN=C(N)N)NC(=O)[C@@H]1CCCN1C(=O)[C@H](CCCCN)NC(=O)C(CC(N)=O)NC(=O)[C@H](CCC(=O)O)NC(=O)[C@@H](N)Cc1ccc(O)cc1)C(=O)N[C@@H](CC(C)C)C(=O)O. The number of aromatic hydroxyl groups is 2. The van der Waals surface area contributed by atoms with Gasteiger partial charge in [-0.05, 0) is 144 Å². The minimum atomic E-state index is -1.81. The van der Waals surface area contributed by atoms with Crippen LogP contribution in [-0.4, -0.2) is 218 Å². The average molecular weight is 1450 g/mol. The molecule has 2 aliphatic rings. The number of hydrogen-bond donors (Lipinski definition) is 19. The summed E-state index contributed by atoms with van der Waals surface area (Å²) in [7, 11) is 0. The van der Waals surface area contributed by atoms with Crippen molar-refractivity contribution >= 4 is 88.8 Å². The monoisotopic (exact) mass is 1450 g/mol. The van der Waals surface area contributed by atoms with Crippen LogP contribution in [0.2, 0.25) is 0 Å². The van der Waals surface area contributed by atoms with E-state index in [1.165, 1.54) is 58.3 Å². The molecule has 0 aromatic heterocycles. The Kier molecular flexibility index (Phi) is 35.3. The first-order chi connectivity index (χ1) is 48.7. The summed E-state index contributed by atoms with van der Waals surface area (Å²) in [6, 6.07) is -3.96. The molecule has 0 spiro atoms. The topological polar surface area (TPSA) is 612 Å². The van der Waals surface area contributed by atoms with Gasteiger partial charge in [-0.1, -0.05) is 58.4 Å². The molecule has 570 valence electrons. The van der Waals surface area contributed by atoms with Crippen molar-refractivity contribution in [2.45, 2.75) is 210 Å². The van der Waals surface area contributed by atoms with Crippen LogP contribution in [-0.2, 0) is 75.2 Å². The van der Waals surface area contributed by atoms with E-state index < -0.39 is 169 Å². The first-order valence-electron chi connectivity index (χ1n) is 34.6. The van der Waals surface area contributed by atoms with Gasteiger partial charge >= 0.3 is 11.9 Å². The first kappa shape index (κ1) is 85.0. The predicted octanol–water partition coefficient (Wildman–Crippen LogP) is -3.78. The fourth-order valence-electron chi connectivity index (χ4n) is 11.8. The maximum atomic E-state index is 15.0. The molecule has 4 rings (SSSR count). The highest BCUT2D eigenvalue weighted by molar-refractivity contribution is 6.00. The van der Waals surface area contributed by atoms with Gasteiger partial charge in [0, 0.05) is 39.0 Å². The van der Waals surface area contributed by atoms with E-state index in [0.717, 1.165) is 0 Å². The molecule has 12 atom stereocenters. The molecular formula is C67H105N19O17. The number of unbranched alkanes of at least 4 members (excludes halogenated alkanes) is 1. The van der Waals surface area contributed by atoms with Gasteiger partial charge in [0.15, 0.2) is 11.9 Å². The molecule has 0 radical (unpaired) electrons.